The van der Waals surface area contributed by atoms with Gasteiger partial charge in [-0.15, -0.1) is 0 Å². The van der Waals surface area contributed by atoms with Crippen molar-refractivity contribution in [3.8, 4) is 83.6 Å². The lowest BCUT2D eigenvalue weighted by Gasteiger charge is -2.47. The van der Waals surface area contributed by atoms with Crippen LogP contribution in [0.1, 0.15) is 98.4 Å². The number of nitrogens with zero attached hydrogens (tertiary/aromatic N) is 3. The van der Waals surface area contributed by atoms with Crippen LogP contribution in [-0.2, 0) is 16.2 Å². The Balaban J connectivity index is 0.948. The van der Waals surface area contributed by atoms with Crippen molar-refractivity contribution in [2.45, 2.75) is 92.3 Å². The average molecular weight is 1580 g/mol. The van der Waals surface area contributed by atoms with Crippen molar-refractivity contribution >= 4 is 108 Å². The van der Waals surface area contributed by atoms with Crippen LogP contribution < -0.4 is 46.9 Å². The van der Waals surface area contributed by atoms with E-state index in [0.29, 0.717) is 10.8 Å². The first kappa shape index (κ1) is 69.4. The van der Waals surface area contributed by atoms with Gasteiger partial charge in [-0.05, 0) is 230 Å². The molecule has 0 amide bonds. The Kier molecular flexibility index (Phi) is 17.2. The van der Waals surface area contributed by atoms with E-state index < -0.39 is 33.9 Å². The summed E-state index contributed by atoms with van der Waals surface area (Å²) in [5.41, 5.74) is 29.7. The maximum Gasteiger partial charge on any atom is 0.252 e. The third-order valence-electron chi connectivity index (χ3n) is 25.3. The summed E-state index contributed by atoms with van der Waals surface area (Å²) in [6.07, 6.45) is 0. The smallest absolute Gasteiger partial charge is 0.252 e. The predicted octanol–water partition coefficient (Wildman–Crippen LogP) is 26.4. The van der Waals surface area contributed by atoms with E-state index in [1.54, 1.807) is 24.3 Å². The van der Waals surface area contributed by atoms with Gasteiger partial charge in [-0.3, -0.25) is 0 Å². The standard InChI is InChI=1S/C116H98BN3Si/c1-77-53-62-105-101(65-77)102-66-78(2)54-63-106(102)118(105)92-58-61-103-108(76-92)120(112-97(82-39-23-14-24-40-82)70-89(114(3,4)5)71-98(112)83-41-25-15-26-42-83)110-75-91(116(9,10)11)74-109-111(110)117(103)104-69-86(81-55-59-96(60-56-81)121(93-47-27-16-28-48-93,94-49-29-17-30-50-94)95-51-31-18-32-52-95)57-64-107(104)119(109)113-99(87-45-33-43-84(67-87)79-35-19-12-20-36-79)72-90(115(6,7)8)73-100(113)88-46-34-44-85(68-88)80-37-21-13-22-38-80/h12-76H,1-11H3/i1D3,2D3. The van der Waals surface area contributed by atoms with E-state index in [2.05, 4.69) is 435 Å². The van der Waals surface area contributed by atoms with Crippen LogP contribution in [0, 0.1) is 13.7 Å². The molecule has 0 unspecified atom stereocenters. The second-order valence-corrected chi connectivity index (χ2v) is 39.8. The Hall–Kier alpha value is -13.6. The van der Waals surface area contributed by atoms with Gasteiger partial charge in [-0.2, -0.15) is 0 Å². The molecule has 0 N–H and O–H groups in total. The Labute approximate surface area is 723 Å². The van der Waals surface area contributed by atoms with Crippen LogP contribution in [0.2, 0.25) is 0 Å². The molecule has 0 aliphatic carbocycles. The predicted molar refractivity (Wildman–Crippen MR) is 522 cm³/mol. The topological polar surface area (TPSA) is 11.4 Å². The first-order valence-corrected chi connectivity index (χ1v) is 44.4. The van der Waals surface area contributed by atoms with Gasteiger partial charge in [-0.25, -0.2) is 0 Å². The molecular weight excluding hydrogens is 1470 g/mol. The fraction of sp³-hybridized carbons (Fsp3) is 0.121. The summed E-state index contributed by atoms with van der Waals surface area (Å²) in [7, 11) is -2.97. The Morgan fingerprint density at radius 3 is 1.02 bits per heavy atom. The molecule has 0 spiro atoms. The Morgan fingerprint density at radius 1 is 0.256 bits per heavy atom. The quantitative estimate of drug-likeness (QED) is 0.0794. The van der Waals surface area contributed by atoms with E-state index in [0.717, 1.165) is 151 Å². The second kappa shape index (κ2) is 30.0. The zero-order valence-electron chi connectivity index (χ0n) is 75.9. The lowest BCUT2D eigenvalue weighted by Crippen LogP contribution is -2.74. The molecule has 0 radical (unpaired) electrons. The number of aromatic nitrogens is 1. The number of fused-ring (bicyclic) bond motifs is 7. The number of anilines is 6. The van der Waals surface area contributed by atoms with Gasteiger partial charge in [0.2, 0.25) is 0 Å². The highest BCUT2D eigenvalue weighted by Gasteiger charge is 2.48. The zero-order chi connectivity index (χ0) is 87.6. The van der Waals surface area contributed by atoms with Crippen LogP contribution in [0.4, 0.5) is 34.1 Å². The number of aryl methyl sites for hydroxylation is 2. The summed E-state index contributed by atoms with van der Waals surface area (Å²) in [5.74, 6) is 0. The molecular formula is C116H98BN3Si. The zero-order valence-corrected chi connectivity index (χ0v) is 70.9. The molecule has 2 aliphatic heterocycles. The van der Waals surface area contributed by atoms with Crippen LogP contribution in [0.3, 0.4) is 0 Å². The fourth-order valence-electron chi connectivity index (χ4n) is 19.2. The number of hydrogen-bond donors (Lipinski definition) is 0. The van der Waals surface area contributed by atoms with Gasteiger partial charge in [0.1, 0.15) is 0 Å². The lowest BCUT2D eigenvalue weighted by atomic mass is 9.33. The third-order valence-corrected chi connectivity index (χ3v) is 30.1. The van der Waals surface area contributed by atoms with E-state index in [1.807, 2.05) is 12.1 Å². The first-order valence-electron chi connectivity index (χ1n) is 45.4. The number of benzene rings is 17. The summed E-state index contributed by atoms with van der Waals surface area (Å²) in [6, 6.07) is 145. The van der Waals surface area contributed by atoms with Crippen LogP contribution >= 0.6 is 0 Å². The molecule has 121 heavy (non-hydrogen) atoms. The van der Waals surface area contributed by atoms with Crippen LogP contribution in [0.5, 0.6) is 0 Å². The maximum atomic E-state index is 8.78. The van der Waals surface area contributed by atoms with E-state index in [9.17, 15) is 0 Å². The molecule has 584 valence electrons. The molecule has 20 rings (SSSR count). The minimum absolute atomic E-state index is 0.172. The average Bonchev–Trinajstić information content (AvgIpc) is 0.708. The molecule has 18 aromatic rings. The highest BCUT2D eigenvalue weighted by Crippen LogP contribution is 2.56. The largest absolute Gasteiger partial charge is 0.310 e. The lowest BCUT2D eigenvalue weighted by molar-refractivity contribution is 0.590. The van der Waals surface area contributed by atoms with Gasteiger partial charge < -0.3 is 14.4 Å². The van der Waals surface area contributed by atoms with Crippen LogP contribution in [0.15, 0.2) is 394 Å². The van der Waals surface area contributed by atoms with Crippen LogP contribution in [-0.4, -0.2) is 19.4 Å². The number of hydrogen-bond acceptors (Lipinski definition) is 2. The molecule has 5 heteroatoms. The van der Waals surface area contributed by atoms with E-state index in [-0.39, 0.29) is 22.0 Å². The van der Waals surface area contributed by atoms with Crippen molar-refractivity contribution in [1.29, 1.82) is 0 Å². The molecule has 0 atom stereocenters. The Morgan fingerprint density at radius 2 is 0.603 bits per heavy atom. The fourth-order valence-corrected chi connectivity index (χ4v) is 24.0. The van der Waals surface area contributed by atoms with Gasteiger partial charge in [0, 0.05) is 69.7 Å². The molecule has 0 fully saturated rings. The van der Waals surface area contributed by atoms with Crippen molar-refractivity contribution in [2.75, 3.05) is 9.80 Å². The van der Waals surface area contributed by atoms with E-state index in [4.69, 9.17) is 8.22 Å². The van der Waals surface area contributed by atoms with E-state index >= 15 is 0 Å². The van der Waals surface area contributed by atoms with Gasteiger partial charge in [0.25, 0.3) is 6.71 Å². The minimum atomic E-state index is -2.97. The molecule has 0 bridgehead atoms. The summed E-state index contributed by atoms with van der Waals surface area (Å²) in [5, 5.41) is 6.48. The summed E-state index contributed by atoms with van der Waals surface area (Å²) in [6.45, 7) is 15.7. The molecule has 1 aromatic heterocycles. The molecule has 3 heterocycles. The van der Waals surface area contributed by atoms with Crippen molar-refractivity contribution in [2.24, 2.45) is 0 Å². The summed E-state index contributed by atoms with van der Waals surface area (Å²) >= 11 is 0. The summed E-state index contributed by atoms with van der Waals surface area (Å²) < 4.78 is 54.9. The van der Waals surface area contributed by atoms with Gasteiger partial charge >= 0.3 is 0 Å². The van der Waals surface area contributed by atoms with Crippen LogP contribution in [0.25, 0.3) is 105 Å². The highest BCUT2D eigenvalue weighted by atomic mass is 28.3. The van der Waals surface area contributed by atoms with Crippen molar-refractivity contribution in [3.05, 3.63) is 422 Å². The third kappa shape index (κ3) is 13.4. The monoisotopic (exact) mass is 1580 g/mol. The minimum Gasteiger partial charge on any atom is -0.310 e. The Bertz CT molecular complexity index is 6920. The molecule has 0 saturated heterocycles. The van der Waals surface area contributed by atoms with Gasteiger partial charge in [-0.1, -0.05) is 377 Å². The summed E-state index contributed by atoms with van der Waals surface area (Å²) in [4.78, 5) is 5.31. The van der Waals surface area contributed by atoms with Crippen molar-refractivity contribution < 1.29 is 8.22 Å². The SMILES string of the molecule is [2H]C([2H])([2H])c1ccc2c(c1)c1cc(C([2H])([2H])[2H])ccc1n2-c1ccc2c(c1)N(c1c(-c3ccccc3)cc(C(C)(C)C)cc1-c1ccccc1)c1cc(C(C)(C)C)cc3c1B2c1cc(-c2ccc([Si](c4ccccc4)(c4ccccc4)c4ccccc4)cc2)ccc1N3c1c(-c2cccc(-c3ccccc3)c2)cc(C(C)(C)C)cc1-c1cccc(-c2ccccc2)c1. The highest BCUT2D eigenvalue weighted by molar-refractivity contribution is 7.20. The van der Waals surface area contributed by atoms with Gasteiger partial charge in [0.05, 0.1) is 22.4 Å². The van der Waals surface area contributed by atoms with Crippen molar-refractivity contribution in [1.82, 2.24) is 4.57 Å². The molecule has 3 nitrogen and oxygen atoms in total. The molecule has 2 aliphatic rings. The first-order chi connectivity index (χ1) is 61.1. The molecule has 17 aromatic carbocycles. The van der Waals surface area contributed by atoms with Crippen molar-refractivity contribution in [3.63, 3.8) is 0 Å². The van der Waals surface area contributed by atoms with Gasteiger partial charge in [0.15, 0.2) is 8.07 Å². The van der Waals surface area contributed by atoms with E-state index in [1.165, 1.54) is 31.9 Å². The molecule has 0 saturated carbocycles. The maximum absolute atomic E-state index is 8.78. The normalized spacial score (nSPS) is 13.6. The number of rotatable bonds is 14. The second-order valence-electron chi connectivity index (χ2n) is 36.0.